The lowest BCUT2D eigenvalue weighted by Gasteiger charge is -2.21. The molecule has 1 aliphatic rings. The van der Waals surface area contributed by atoms with Crippen LogP contribution in [-0.4, -0.2) is 25.1 Å². The Morgan fingerprint density at radius 2 is 1.86 bits per heavy atom. The van der Waals surface area contributed by atoms with Crippen LogP contribution < -0.4 is 10.2 Å². The molecule has 1 saturated carbocycles. The highest BCUT2D eigenvalue weighted by Gasteiger charge is 2.25. The van der Waals surface area contributed by atoms with E-state index in [0.717, 1.165) is 47.8 Å². The highest BCUT2D eigenvalue weighted by molar-refractivity contribution is 7.86. The van der Waals surface area contributed by atoms with Gasteiger partial charge in [-0.1, -0.05) is 37.0 Å². The van der Waals surface area contributed by atoms with Crippen LogP contribution in [-0.2, 0) is 10.2 Å². The molecule has 0 radical (unpaired) electrons. The second kappa shape index (κ2) is 8.49. The zero-order valence-electron chi connectivity index (χ0n) is 20.0. The number of H-pyrrole nitrogens is 1. The Labute approximate surface area is 212 Å². The third kappa shape index (κ3) is 3.69. The number of methoxy groups -OCH3 is 1. The third-order valence-corrected chi connectivity index (χ3v) is 8.17. The largest absolute Gasteiger partial charge is 0.496 e. The zero-order chi connectivity index (χ0) is 25.9. The first-order valence-corrected chi connectivity index (χ1v) is 13.4. The fraction of sp³-hybridized carbons (Fsp3) is 0.207. The van der Waals surface area contributed by atoms with E-state index in [0.29, 0.717) is 33.2 Å². The van der Waals surface area contributed by atoms with Gasteiger partial charge in [-0.25, -0.2) is 0 Å². The molecule has 2 heterocycles. The number of benzene rings is 3. The summed E-state index contributed by atoms with van der Waals surface area (Å²) in [6, 6.07) is 15.0. The second-order valence-corrected chi connectivity index (χ2v) is 10.8. The van der Waals surface area contributed by atoms with Crippen molar-refractivity contribution in [3.63, 3.8) is 0 Å². The summed E-state index contributed by atoms with van der Waals surface area (Å²) in [6.07, 6.45) is 9.71. The summed E-state index contributed by atoms with van der Waals surface area (Å²) in [7, 11) is -3.40. The molecule has 5 aromatic rings. The fourth-order valence-corrected chi connectivity index (χ4v) is 6.15. The van der Waals surface area contributed by atoms with Crippen LogP contribution in [0.25, 0.3) is 44.0 Å². The van der Waals surface area contributed by atoms with Gasteiger partial charge in [-0.05, 0) is 54.8 Å². The fourth-order valence-electron chi connectivity index (χ4n) is 5.64. The number of ether oxygens (including phenoxy) is 1. The molecule has 0 unspecified atom stereocenters. The number of nitrogens with one attached hydrogen (secondary N) is 1. The van der Waals surface area contributed by atoms with Gasteiger partial charge in [0.15, 0.2) is 5.43 Å². The third-order valence-electron chi connectivity index (χ3n) is 7.35. The van der Waals surface area contributed by atoms with E-state index in [2.05, 4.69) is 15.5 Å². The number of aromatic amines is 1. The number of nitrogens with zero attached hydrogens (tertiary/aromatic N) is 1. The molecule has 186 valence electrons. The van der Waals surface area contributed by atoms with E-state index in [9.17, 15) is 17.1 Å². The zero-order valence-corrected chi connectivity index (χ0v) is 20.9. The first-order valence-electron chi connectivity index (χ1n) is 12.0. The minimum Gasteiger partial charge on any atom is -0.496 e. The number of pyridine rings is 1. The summed E-state index contributed by atoms with van der Waals surface area (Å²) in [4.78, 5) is 16.9. The Balaban J connectivity index is 1.74. The first kappa shape index (κ1) is 23.3. The van der Waals surface area contributed by atoms with Crippen molar-refractivity contribution in [1.29, 1.82) is 0 Å². The maximum Gasteiger partial charge on any atom is 0.332 e. The van der Waals surface area contributed by atoms with Gasteiger partial charge in [0.25, 0.3) is 0 Å². The van der Waals surface area contributed by atoms with Crippen LogP contribution in [0.1, 0.15) is 37.3 Å². The monoisotopic (exact) mass is 514 g/mol. The van der Waals surface area contributed by atoms with E-state index in [1.54, 1.807) is 12.1 Å². The highest BCUT2D eigenvalue weighted by atomic mass is 32.3. The molecule has 1 N–H and O–H groups in total. The summed E-state index contributed by atoms with van der Waals surface area (Å²) in [6.45, 7) is 0. The molecule has 2 aromatic heterocycles. The van der Waals surface area contributed by atoms with Gasteiger partial charge in [0.2, 0.25) is 0 Å². The normalized spacial score (nSPS) is 14.5. The van der Waals surface area contributed by atoms with Gasteiger partial charge in [-0.15, -0.1) is 10.3 Å². The van der Waals surface area contributed by atoms with Crippen molar-refractivity contribution >= 4 is 43.1 Å². The highest BCUT2D eigenvalue weighted by Crippen LogP contribution is 2.40. The van der Waals surface area contributed by atoms with Gasteiger partial charge in [0.1, 0.15) is 11.4 Å². The molecule has 6 nitrogen and oxygen atoms in total. The van der Waals surface area contributed by atoms with Gasteiger partial charge in [-0.2, -0.15) is 8.42 Å². The average molecular weight is 515 g/mol. The number of terminal acetylenes is 1. The molecular weight excluding hydrogens is 491 g/mol. The van der Waals surface area contributed by atoms with Crippen molar-refractivity contribution in [1.82, 2.24) is 9.55 Å². The summed E-state index contributed by atoms with van der Waals surface area (Å²) < 4.78 is 44.8. The van der Waals surface area contributed by atoms with Crippen molar-refractivity contribution in [2.45, 2.75) is 36.6 Å². The quantitative estimate of drug-likeness (QED) is 0.233. The minimum absolute atomic E-state index is 0.135. The molecule has 1 fully saturated rings. The minimum atomic E-state index is -4.89. The number of fused-ring (bicyclic) bond motifs is 4. The van der Waals surface area contributed by atoms with Gasteiger partial charge in [0.05, 0.1) is 28.3 Å². The summed E-state index contributed by atoms with van der Waals surface area (Å²) in [5.74, 6) is 3.04. The van der Waals surface area contributed by atoms with Crippen molar-refractivity contribution in [2.24, 2.45) is 0 Å². The molecule has 6 rings (SSSR count). The van der Waals surface area contributed by atoms with Gasteiger partial charge < -0.3 is 14.3 Å². The Bertz CT molecular complexity index is 1940. The maximum absolute atomic E-state index is 13.9. The molecule has 0 amide bonds. The predicted molar refractivity (Wildman–Crippen MR) is 143 cm³/mol. The molecule has 1 aliphatic carbocycles. The summed E-state index contributed by atoms with van der Waals surface area (Å²) in [5, 5.41) is 1.89. The van der Waals surface area contributed by atoms with Crippen LogP contribution in [0.3, 0.4) is 0 Å². The van der Waals surface area contributed by atoms with E-state index < -0.39 is 15.1 Å². The van der Waals surface area contributed by atoms with Gasteiger partial charge >= 0.3 is 10.2 Å². The number of hydrogen-bond acceptors (Lipinski definition) is 4. The van der Waals surface area contributed by atoms with Gasteiger partial charge in [0, 0.05) is 28.1 Å². The summed E-state index contributed by atoms with van der Waals surface area (Å²) >= 11 is 0. The van der Waals surface area contributed by atoms with Crippen molar-refractivity contribution in [3.05, 3.63) is 70.4 Å². The maximum atomic E-state index is 13.9. The Kier molecular flexibility index (Phi) is 5.35. The second-order valence-electron chi connectivity index (χ2n) is 9.43. The molecular formula is C29H23FN2O4S. The topological polar surface area (TPSA) is 81.2 Å². The van der Waals surface area contributed by atoms with Crippen LogP contribution in [0.15, 0.2) is 64.3 Å². The SMILES string of the molecule is C#Cc1ccc2c(c1)[nH]c1c2c(=O)c2cc(OC)c(-c3cccc(S(=O)(=O)F)c3)cc2n1C1CCCC1. The van der Waals surface area contributed by atoms with Crippen molar-refractivity contribution < 1.29 is 17.0 Å². The van der Waals surface area contributed by atoms with Gasteiger partial charge in [-0.3, -0.25) is 4.79 Å². The van der Waals surface area contributed by atoms with Crippen LogP contribution in [0.5, 0.6) is 5.75 Å². The van der Waals surface area contributed by atoms with Crippen LogP contribution in [0.4, 0.5) is 3.89 Å². The van der Waals surface area contributed by atoms with E-state index in [1.165, 1.54) is 25.3 Å². The number of rotatable bonds is 4. The molecule has 0 spiro atoms. The van der Waals surface area contributed by atoms with E-state index in [4.69, 9.17) is 11.2 Å². The summed E-state index contributed by atoms with van der Waals surface area (Å²) in [5.41, 5.74) is 3.84. The molecule has 0 aliphatic heterocycles. The smallest absolute Gasteiger partial charge is 0.332 e. The molecule has 0 bridgehead atoms. The predicted octanol–water partition coefficient (Wildman–Crippen LogP) is 6.07. The van der Waals surface area contributed by atoms with Crippen LogP contribution in [0, 0.1) is 12.3 Å². The Hall–Kier alpha value is -4.09. The average Bonchev–Trinajstić information content (AvgIpc) is 3.56. The number of halogens is 1. The van der Waals surface area contributed by atoms with Crippen LogP contribution in [0.2, 0.25) is 0 Å². The molecule has 0 atom stereocenters. The number of hydrogen-bond donors (Lipinski definition) is 1. The molecule has 8 heteroatoms. The van der Waals surface area contributed by atoms with Crippen molar-refractivity contribution in [3.8, 4) is 29.2 Å². The number of aromatic nitrogens is 2. The Morgan fingerprint density at radius 1 is 1.08 bits per heavy atom. The lowest BCUT2D eigenvalue weighted by molar-refractivity contribution is 0.417. The molecule has 3 aromatic carbocycles. The molecule has 0 saturated heterocycles. The van der Waals surface area contributed by atoms with E-state index >= 15 is 0 Å². The van der Waals surface area contributed by atoms with Crippen molar-refractivity contribution in [2.75, 3.05) is 7.11 Å². The first-order chi connectivity index (χ1) is 17.8. The van der Waals surface area contributed by atoms with E-state index in [-0.39, 0.29) is 11.5 Å². The Morgan fingerprint density at radius 3 is 2.57 bits per heavy atom. The lowest BCUT2D eigenvalue weighted by Crippen LogP contribution is -2.14. The molecule has 37 heavy (non-hydrogen) atoms. The lowest BCUT2D eigenvalue weighted by atomic mass is 10.00. The van der Waals surface area contributed by atoms with E-state index in [1.807, 2.05) is 24.3 Å². The standard InChI is InChI=1S/C29H23FN2O4S/c1-3-17-11-12-21-24(13-17)31-29-27(21)28(33)23-16-26(36-2)22(15-25(23)32(29)19-8-4-5-9-19)18-7-6-10-20(14-18)37(30,34)35/h1,6-7,10-16,19,31H,4-5,8-9H2,2H3. The van der Waals surface area contributed by atoms with Crippen LogP contribution >= 0.6 is 0 Å².